The van der Waals surface area contributed by atoms with Crippen LogP contribution in [0.25, 0.3) is 0 Å². The lowest BCUT2D eigenvalue weighted by molar-refractivity contribution is -0.124. The number of hydrogen-bond donors (Lipinski definition) is 0. The van der Waals surface area contributed by atoms with Crippen LogP contribution in [-0.2, 0) is 4.79 Å². The number of rotatable bonds is 0. The Morgan fingerprint density at radius 2 is 2.12 bits per heavy atom. The molecule has 1 aliphatic heterocycles. The zero-order valence-electron chi connectivity index (χ0n) is 9.86. The third-order valence-corrected chi connectivity index (χ3v) is 4.44. The zero-order valence-corrected chi connectivity index (χ0v) is 9.86. The van der Waals surface area contributed by atoms with Crippen molar-refractivity contribution in [2.75, 3.05) is 0 Å². The van der Waals surface area contributed by atoms with E-state index in [0.717, 1.165) is 12.8 Å². The van der Waals surface area contributed by atoms with E-state index >= 15 is 0 Å². The predicted molar refractivity (Wildman–Crippen MR) is 64.6 cm³/mol. The summed E-state index contributed by atoms with van der Waals surface area (Å²) in [5.41, 5.74) is 1.40. The van der Waals surface area contributed by atoms with Gasteiger partial charge in [-0.15, -0.1) is 0 Å². The zero-order chi connectivity index (χ0) is 11.1. The Hall–Kier alpha value is -0.920. The third kappa shape index (κ3) is 1.55. The molecule has 86 valence electrons. The van der Waals surface area contributed by atoms with Gasteiger partial charge in [-0.1, -0.05) is 12.2 Å². The van der Waals surface area contributed by atoms with Gasteiger partial charge in [-0.3, -0.25) is 9.79 Å². The van der Waals surface area contributed by atoms with E-state index in [1.807, 2.05) is 0 Å². The minimum atomic E-state index is 0.308. The molecule has 0 radical (unpaired) electrons. The monoisotopic (exact) mass is 217 g/mol. The van der Waals surface area contributed by atoms with E-state index in [4.69, 9.17) is 4.99 Å². The second kappa shape index (κ2) is 3.83. The first kappa shape index (κ1) is 10.2. The van der Waals surface area contributed by atoms with Crippen LogP contribution in [0.4, 0.5) is 0 Å². The largest absolute Gasteiger partial charge is 0.299 e. The maximum absolute atomic E-state index is 11.9. The summed E-state index contributed by atoms with van der Waals surface area (Å²) in [6, 6.07) is 0.506. The number of hydrogen-bond acceptors (Lipinski definition) is 2. The summed E-state index contributed by atoms with van der Waals surface area (Å²) in [7, 11) is 0. The summed E-state index contributed by atoms with van der Waals surface area (Å²) in [4.78, 5) is 16.7. The molecule has 0 N–H and O–H groups in total. The number of carbonyl (C=O) groups excluding carboxylic acids is 1. The number of nitrogens with zero attached hydrogens (tertiary/aromatic N) is 1. The number of carbonyl (C=O) groups is 1. The first-order valence-electron chi connectivity index (χ1n) is 6.51. The van der Waals surface area contributed by atoms with E-state index in [-0.39, 0.29) is 0 Å². The lowest BCUT2D eigenvalue weighted by atomic mass is 9.64. The molecule has 0 saturated heterocycles. The Balaban J connectivity index is 1.91. The van der Waals surface area contributed by atoms with Crippen molar-refractivity contribution < 1.29 is 4.79 Å². The van der Waals surface area contributed by atoms with E-state index < -0.39 is 0 Å². The molecular weight excluding hydrogens is 198 g/mol. The summed E-state index contributed by atoms with van der Waals surface area (Å²) in [6.07, 6.45) is 9.56. The molecule has 3 rings (SSSR count). The molecule has 1 saturated carbocycles. The van der Waals surface area contributed by atoms with Gasteiger partial charge in [0.15, 0.2) is 0 Å². The van der Waals surface area contributed by atoms with Crippen LogP contribution in [0, 0.1) is 17.8 Å². The summed E-state index contributed by atoms with van der Waals surface area (Å²) in [5.74, 6) is 1.82. The van der Waals surface area contributed by atoms with Crippen LogP contribution in [0.5, 0.6) is 0 Å². The van der Waals surface area contributed by atoms with Crippen molar-refractivity contribution in [2.45, 2.75) is 45.1 Å². The van der Waals surface area contributed by atoms with E-state index in [0.29, 0.717) is 36.0 Å². The van der Waals surface area contributed by atoms with Crippen LogP contribution in [-0.4, -0.2) is 17.5 Å². The Kier molecular flexibility index (Phi) is 2.45. The average Bonchev–Trinajstić information content (AvgIpc) is 2.28. The first-order chi connectivity index (χ1) is 7.75. The number of allylic oxidation sites excluding steroid dienone is 2. The van der Waals surface area contributed by atoms with E-state index in [9.17, 15) is 4.79 Å². The molecule has 0 spiro atoms. The van der Waals surface area contributed by atoms with Gasteiger partial charge in [0.05, 0.1) is 0 Å². The van der Waals surface area contributed by atoms with Gasteiger partial charge in [-0.25, -0.2) is 0 Å². The molecule has 0 aromatic carbocycles. The second-order valence-electron chi connectivity index (χ2n) is 5.47. The molecular formula is C14H19NO. The quantitative estimate of drug-likeness (QED) is 0.574. The molecule has 3 unspecified atom stereocenters. The van der Waals surface area contributed by atoms with E-state index in [1.54, 1.807) is 0 Å². The maximum Gasteiger partial charge on any atom is 0.140 e. The molecule has 16 heavy (non-hydrogen) atoms. The SMILES string of the molecule is CC1CC[C@@H]2C(=N1)CCC1C(=O)CC=CC12. The molecule has 2 nitrogen and oxygen atoms in total. The van der Waals surface area contributed by atoms with Crippen LogP contribution in [0.2, 0.25) is 0 Å². The van der Waals surface area contributed by atoms with Crippen LogP contribution >= 0.6 is 0 Å². The highest BCUT2D eigenvalue weighted by Gasteiger charge is 2.41. The lowest BCUT2D eigenvalue weighted by Gasteiger charge is -2.41. The second-order valence-corrected chi connectivity index (χ2v) is 5.47. The highest BCUT2D eigenvalue weighted by molar-refractivity contribution is 5.93. The molecule has 0 amide bonds. The molecule has 1 fully saturated rings. The van der Waals surface area contributed by atoms with Gasteiger partial charge >= 0.3 is 0 Å². The average molecular weight is 217 g/mol. The predicted octanol–water partition coefficient (Wildman–Crippen LogP) is 2.78. The molecule has 2 aliphatic carbocycles. The molecule has 4 atom stereocenters. The normalized spacial score (nSPS) is 42.3. The standard InChI is InChI=1S/C14H19NO/c1-9-5-6-11-10-3-2-4-14(16)12(10)7-8-13(11)15-9/h2-3,9-12H,4-8H2,1H3/t9?,10?,11-,12?/m0/s1. The number of ketones is 1. The molecule has 3 aliphatic rings. The Morgan fingerprint density at radius 1 is 1.25 bits per heavy atom. The van der Waals surface area contributed by atoms with Gasteiger partial charge in [0, 0.05) is 30.0 Å². The number of fused-ring (bicyclic) bond motifs is 3. The minimum Gasteiger partial charge on any atom is -0.299 e. The Bertz CT molecular complexity index is 369. The molecule has 1 heterocycles. The van der Waals surface area contributed by atoms with Gasteiger partial charge in [0.2, 0.25) is 0 Å². The van der Waals surface area contributed by atoms with Crippen molar-refractivity contribution in [3.8, 4) is 0 Å². The van der Waals surface area contributed by atoms with Crippen LogP contribution in [0.3, 0.4) is 0 Å². The Morgan fingerprint density at radius 3 is 3.00 bits per heavy atom. The fourth-order valence-corrected chi connectivity index (χ4v) is 3.61. The van der Waals surface area contributed by atoms with Gasteiger partial charge in [0.1, 0.15) is 5.78 Å². The smallest absolute Gasteiger partial charge is 0.140 e. The maximum atomic E-state index is 11.9. The topological polar surface area (TPSA) is 29.4 Å². The summed E-state index contributed by atoms with van der Waals surface area (Å²) in [5, 5.41) is 0. The van der Waals surface area contributed by atoms with Crippen molar-refractivity contribution in [3.63, 3.8) is 0 Å². The van der Waals surface area contributed by atoms with Gasteiger partial charge in [-0.05, 0) is 38.5 Å². The Labute approximate surface area is 96.8 Å². The van der Waals surface area contributed by atoms with Gasteiger partial charge in [0.25, 0.3) is 0 Å². The van der Waals surface area contributed by atoms with Crippen molar-refractivity contribution in [1.82, 2.24) is 0 Å². The summed E-state index contributed by atoms with van der Waals surface area (Å²) >= 11 is 0. The number of Topliss-reactive ketones (excluding diaryl/α,β-unsaturated/α-hetero) is 1. The molecule has 0 bridgehead atoms. The van der Waals surface area contributed by atoms with Crippen molar-refractivity contribution in [3.05, 3.63) is 12.2 Å². The van der Waals surface area contributed by atoms with Crippen molar-refractivity contribution in [1.29, 1.82) is 0 Å². The summed E-state index contributed by atoms with van der Waals surface area (Å²) in [6.45, 7) is 2.21. The third-order valence-electron chi connectivity index (χ3n) is 4.44. The van der Waals surface area contributed by atoms with Crippen molar-refractivity contribution >= 4 is 11.5 Å². The lowest BCUT2D eigenvalue weighted by Crippen LogP contribution is -2.41. The summed E-state index contributed by atoms with van der Waals surface area (Å²) < 4.78 is 0. The number of aliphatic imine (C=N–C) groups is 1. The molecule has 0 aromatic heterocycles. The highest BCUT2D eigenvalue weighted by Crippen LogP contribution is 2.42. The molecule has 0 aromatic rings. The van der Waals surface area contributed by atoms with Gasteiger partial charge in [-0.2, -0.15) is 0 Å². The fraction of sp³-hybridized carbons (Fsp3) is 0.714. The van der Waals surface area contributed by atoms with Crippen LogP contribution < -0.4 is 0 Å². The fourth-order valence-electron chi connectivity index (χ4n) is 3.61. The highest BCUT2D eigenvalue weighted by atomic mass is 16.1. The minimum absolute atomic E-state index is 0.308. The molecule has 2 heteroatoms. The van der Waals surface area contributed by atoms with Crippen molar-refractivity contribution in [2.24, 2.45) is 22.7 Å². The van der Waals surface area contributed by atoms with Gasteiger partial charge < -0.3 is 0 Å². The van der Waals surface area contributed by atoms with Crippen LogP contribution in [0.15, 0.2) is 17.1 Å². The first-order valence-corrected chi connectivity index (χ1v) is 6.51. The van der Waals surface area contributed by atoms with E-state index in [1.165, 1.54) is 18.6 Å². The van der Waals surface area contributed by atoms with Crippen LogP contribution in [0.1, 0.15) is 39.0 Å². The van der Waals surface area contributed by atoms with E-state index in [2.05, 4.69) is 19.1 Å².